The molecule has 4 aromatic heterocycles. The third kappa shape index (κ3) is 12.5. The Morgan fingerprint density at radius 2 is 1.16 bits per heavy atom. The summed E-state index contributed by atoms with van der Waals surface area (Å²) < 4.78 is 25.6. The fourth-order valence-corrected chi connectivity index (χ4v) is 20.5. The van der Waals surface area contributed by atoms with E-state index in [0.29, 0.717) is 41.5 Å². The van der Waals surface area contributed by atoms with Crippen LogP contribution in [-0.4, -0.2) is 74.7 Å². The molecule has 0 fully saturated rings. The van der Waals surface area contributed by atoms with Crippen molar-refractivity contribution in [3.63, 3.8) is 0 Å². The number of fused-ring (bicyclic) bond motifs is 2. The summed E-state index contributed by atoms with van der Waals surface area (Å²) in [6.07, 6.45) is 14.5. The van der Waals surface area contributed by atoms with Gasteiger partial charge in [0.2, 0.25) is 0 Å². The number of halogens is 1. The Labute approximate surface area is 310 Å². The van der Waals surface area contributed by atoms with Crippen LogP contribution in [0.2, 0.25) is 13.3 Å². The average molecular weight is 862 g/mol. The summed E-state index contributed by atoms with van der Waals surface area (Å²) in [5.74, 6) is -0.809. The summed E-state index contributed by atoms with van der Waals surface area (Å²) in [6.45, 7) is 19.9. The number of hydrogen-bond donors (Lipinski definition) is 0. The molecule has 4 rings (SSSR count). The Bertz CT molecular complexity index is 1660. The van der Waals surface area contributed by atoms with Crippen molar-refractivity contribution in [2.45, 2.75) is 100 Å². The van der Waals surface area contributed by atoms with Gasteiger partial charge < -0.3 is 9.47 Å². The second-order valence-corrected chi connectivity index (χ2v) is 26.0. The van der Waals surface area contributed by atoms with Crippen molar-refractivity contribution in [2.75, 3.05) is 19.8 Å². The van der Waals surface area contributed by atoms with Crippen molar-refractivity contribution in [1.82, 2.24) is 18.8 Å². The summed E-state index contributed by atoms with van der Waals surface area (Å²) in [5.41, 5.74) is 2.64. The first-order valence-corrected chi connectivity index (χ1v) is 26.1. The third-order valence-corrected chi connectivity index (χ3v) is 23.8. The van der Waals surface area contributed by atoms with Gasteiger partial charge in [0.25, 0.3) is 0 Å². The largest absolute Gasteiger partial charge is 0.461 e. The number of carbonyl (C=O) groups excluding carboxylic acids is 3. The smallest absolute Gasteiger partial charge is 0.356 e. The van der Waals surface area contributed by atoms with Gasteiger partial charge in [0.1, 0.15) is 11.3 Å². The molecule has 4 heterocycles. The number of aromatic nitrogens is 4. The molecule has 0 atom stereocenters. The quantitative estimate of drug-likeness (QED) is 0.0447. The second kappa shape index (κ2) is 22.6. The van der Waals surface area contributed by atoms with Crippen molar-refractivity contribution in [1.29, 1.82) is 0 Å². The van der Waals surface area contributed by atoms with Gasteiger partial charge in [0, 0.05) is 22.4 Å². The molecule has 4 aromatic rings. The number of carbonyl (C=O) groups is 3. The summed E-state index contributed by atoms with van der Waals surface area (Å²) >= 11 is 1.10. The minimum Gasteiger partial charge on any atom is -0.461 e. The van der Waals surface area contributed by atoms with Crippen molar-refractivity contribution in [2.24, 2.45) is 0 Å². The van der Waals surface area contributed by atoms with Crippen LogP contribution >= 0.6 is 15.9 Å². The Morgan fingerprint density at radius 1 is 0.720 bits per heavy atom. The van der Waals surface area contributed by atoms with Gasteiger partial charge in [0.15, 0.2) is 17.2 Å². The molecule has 0 aliphatic rings. The number of Topliss-reactive ketones (excluding diaryl/α,β-unsaturated/α-hetero) is 1. The SMILES string of the molecule is C=[C](OCC)[Sn]([CH2]CCC)([CH2]CCC)[CH2]CCC.CCOC(=O)c1cnc2cc(Br)ccn12.CCOC(=O)c1cnc2cc(C(C)=O)ccn12. The Morgan fingerprint density at radius 3 is 1.58 bits per heavy atom. The van der Waals surface area contributed by atoms with Crippen LogP contribution in [0.4, 0.5) is 0 Å². The van der Waals surface area contributed by atoms with Crippen LogP contribution in [0.5, 0.6) is 0 Å². The van der Waals surface area contributed by atoms with E-state index in [-0.39, 0.29) is 11.8 Å². The van der Waals surface area contributed by atoms with Crippen LogP contribution in [-0.2, 0) is 14.2 Å². The van der Waals surface area contributed by atoms with E-state index in [9.17, 15) is 14.4 Å². The predicted octanol–water partition coefficient (Wildman–Crippen LogP) is 9.91. The van der Waals surface area contributed by atoms with Gasteiger partial charge in [-0.15, -0.1) is 0 Å². The number of ether oxygens (including phenoxy) is 3. The number of nitrogens with zero attached hydrogens (tertiary/aromatic N) is 4. The summed E-state index contributed by atoms with van der Waals surface area (Å²) in [5, 5.41) is 0. The first kappa shape index (κ1) is 43.0. The number of pyridine rings is 2. The fourth-order valence-electron chi connectivity index (χ4n) is 5.53. The number of rotatable bonds is 17. The molecule has 12 heteroatoms. The molecule has 0 radical (unpaired) electrons. The van der Waals surface area contributed by atoms with Crippen LogP contribution in [0.1, 0.15) is 118 Å². The topological polar surface area (TPSA) is 114 Å². The molecule has 0 aliphatic heterocycles. The average Bonchev–Trinajstić information content (AvgIpc) is 3.73. The van der Waals surface area contributed by atoms with Crippen molar-refractivity contribution < 1.29 is 28.6 Å². The minimum atomic E-state index is -2.24. The van der Waals surface area contributed by atoms with E-state index >= 15 is 0 Å². The van der Waals surface area contributed by atoms with Gasteiger partial charge in [0.05, 0.1) is 25.6 Å². The zero-order valence-corrected chi connectivity index (χ0v) is 35.4. The normalized spacial score (nSPS) is 10.9. The number of ketones is 1. The predicted molar refractivity (Wildman–Crippen MR) is 206 cm³/mol. The van der Waals surface area contributed by atoms with Crippen LogP contribution in [0.25, 0.3) is 11.3 Å². The zero-order valence-electron chi connectivity index (χ0n) is 30.9. The Balaban J connectivity index is 0.000000261. The molecule has 274 valence electrons. The summed E-state index contributed by atoms with van der Waals surface area (Å²) in [4.78, 5) is 42.5. The molecule has 0 bridgehead atoms. The van der Waals surface area contributed by atoms with Crippen LogP contribution in [0.3, 0.4) is 0 Å². The number of unbranched alkanes of at least 4 members (excludes halogenated alkanes) is 3. The van der Waals surface area contributed by atoms with Crippen LogP contribution in [0, 0.1) is 0 Å². The molecule has 0 amide bonds. The standard InChI is InChI=1S/C12H12N2O3.C10H9BrN2O2.C4H7O.3C4H9.Sn/c1-3-17-12(16)10-7-13-11-6-9(8(2)15)4-5-14(10)11;1-2-15-10(14)8-6-12-9-5-7(11)3-4-13(8)9;1-3-5-4-2;3*1-3-4-2;/h4-7H,3H2,1-2H3;3-6H,2H2,1H3;1,4H2,2H3;3*1,3-4H2,2H3;. The van der Waals surface area contributed by atoms with Crippen LogP contribution in [0.15, 0.2) is 63.9 Å². The molecule has 0 aliphatic carbocycles. The Hall–Kier alpha value is -3.19. The number of esters is 2. The number of imidazole rings is 2. The monoisotopic (exact) mass is 862 g/mol. The molecule has 0 saturated carbocycles. The molecule has 0 aromatic carbocycles. The van der Waals surface area contributed by atoms with E-state index in [1.54, 1.807) is 47.2 Å². The van der Waals surface area contributed by atoms with Crippen molar-refractivity contribution in [3.05, 3.63) is 80.8 Å². The molecule has 10 nitrogen and oxygen atoms in total. The Kier molecular flexibility index (Phi) is 19.4. The maximum Gasteiger partial charge on any atom is 0.356 e. The molecule has 0 N–H and O–H groups in total. The fraction of sp³-hybridized carbons (Fsp3) is 0.500. The first-order chi connectivity index (χ1) is 24.0. The van der Waals surface area contributed by atoms with E-state index < -0.39 is 24.3 Å². The maximum absolute atomic E-state index is 11.6. The first-order valence-electron chi connectivity index (χ1n) is 17.8. The van der Waals surface area contributed by atoms with Gasteiger partial charge in [-0.3, -0.25) is 13.6 Å². The van der Waals surface area contributed by atoms with E-state index in [0.717, 1.165) is 11.1 Å². The maximum atomic E-state index is 11.6. The number of hydrogen-bond acceptors (Lipinski definition) is 8. The second-order valence-electron chi connectivity index (χ2n) is 11.9. The molecular weight excluding hydrogens is 807 g/mol. The minimum absolute atomic E-state index is 0.0341. The molecule has 0 saturated heterocycles. The van der Waals surface area contributed by atoms with Gasteiger partial charge in [-0.1, -0.05) is 15.9 Å². The molecule has 0 spiro atoms. The van der Waals surface area contributed by atoms with Crippen LogP contribution < -0.4 is 0 Å². The van der Waals surface area contributed by atoms with Gasteiger partial charge >= 0.3 is 132 Å². The van der Waals surface area contributed by atoms with E-state index in [2.05, 4.69) is 60.2 Å². The van der Waals surface area contributed by atoms with E-state index in [4.69, 9.17) is 14.2 Å². The van der Waals surface area contributed by atoms with Crippen molar-refractivity contribution >= 4 is 63.3 Å². The van der Waals surface area contributed by atoms with Gasteiger partial charge in [-0.05, 0) is 45.0 Å². The van der Waals surface area contributed by atoms with E-state index in [1.165, 1.54) is 74.9 Å². The van der Waals surface area contributed by atoms with Gasteiger partial charge in [-0.2, -0.15) is 0 Å². The van der Waals surface area contributed by atoms with E-state index in [1.807, 2.05) is 12.1 Å². The molecule has 50 heavy (non-hydrogen) atoms. The molecule has 0 unspecified atom stereocenters. The summed E-state index contributed by atoms with van der Waals surface area (Å²) in [7, 11) is 0. The third-order valence-electron chi connectivity index (χ3n) is 8.30. The summed E-state index contributed by atoms with van der Waals surface area (Å²) in [6, 6.07) is 6.98. The molecular formula is C38H55BrN4O6Sn. The zero-order chi connectivity index (χ0) is 37.1. The van der Waals surface area contributed by atoms with Crippen molar-refractivity contribution in [3.8, 4) is 0 Å². The van der Waals surface area contributed by atoms with Gasteiger partial charge in [-0.25, -0.2) is 19.6 Å².